The fourth-order valence-corrected chi connectivity index (χ4v) is 7.84. The number of anilines is 1. The monoisotopic (exact) mass is 580 g/mol. The Hall–Kier alpha value is -3.99. The molecule has 3 aromatic carbocycles. The first-order valence-electron chi connectivity index (χ1n) is 11.6. The van der Waals surface area contributed by atoms with Gasteiger partial charge in [0.25, 0.3) is 20.0 Å². The number of aromatic nitrogens is 1. The molecule has 0 N–H and O–H groups in total. The average molecular weight is 581 g/mol. The van der Waals surface area contributed by atoms with Gasteiger partial charge >= 0.3 is 5.63 Å². The van der Waals surface area contributed by atoms with Crippen LogP contribution in [0.4, 0.5) is 5.69 Å². The largest absolute Gasteiger partial charge is 0.422 e. The van der Waals surface area contributed by atoms with Gasteiger partial charge < -0.3 is 4.42 Å². The summed E-state index contributed by atoms with van der Waals surface area (Å²) in [5, 5.41) is 0.380. The molecule has 0 bridgehead atoms. The molecule has 0 saturated heterocycles. The average Bonchev–Trinajstić information content (AvgIpc) is 2.89. The molecule has 39 heavy (non-hydrogen) atoms. The topological polar surface area (TPSA) is 115 Å². The van der Waals surface area contributed by atoms with Gasteiger partial charge in [-0.3, -0.25) is 0 Å². The molecule has 0 aliphatic heterocycles. The normalized spacial score (nSPS) is 12.0. The second-order valence-corrected chi connectivity index (χ2v) is 13.0. The van der Waals surface area contributed by atoms with E-state index in [-0.39, 0.29) is 31.8 Å². The van der Waals surface area contributed by atoms with Crippen LogP contribution in [0.1, 0.15) is 11.1 Å². The summed E-state index contributed by atoms with van der Waals surface area (Å²) in [6.07, 6.45) is 0.992. The highest BCUT2D eigenvalue weighted by molar-refractivity contribution is 8.10. The predicted octanol–water partition coefficient (Wildman–Crippen LogP) is 5.71. The molecule has 0 radical (unpaired) electrons. The number of rotatable bonds is 6. The van der Waals surface area contributed by atoms with E-state index in [1.165, 1.54) is 42.5 Å². The maximum absolute atomic E-state index is 13.9. The number of hydrogen-bond acceptors (Lipinski definition) is 7. The Labute approximate surface area is 230 Å². The van der Waals surface area contributed by atoms with Crippen molar-refractivity contribution in [3.8, 4) is 11.1 Å². The highest BCUT2D eigenvalue weighted by Crippen LogP contribution is 2.34. The minimum Gasteiger partial charge on any atom is -0.422 e. The van der Waals surface area contributed by atoms with Gasteiger partial charge in [-0.05, 0) is 73.5 Å². The molecule has 0 aliphatic rings. The molecule has 0 unspecified atom stereocenters. The lowest BCUT2D eigenvalue weighted by molar-refractivity contribution is 0.563. The number of halogens is 1. The number of nitrogens with zero attached hydrogens (tertiary/aromatic N) is 2. The van der Waals surface area contributed by atoms with Crippen molar-refractivity contribution in [1.82, 2.24) is 4.98 Å². The molecule has 5 aromatic rings. The van der Waals surface area contributed by atoms with Gasteiger partial charge in [0.15, 0.2) is 0 Å². The summed E-state index contributed by atoms with van der Waals surface area (Å²) in [5.74, 6) is 0. The van der Waals surface area contributed by atoms with Crippen molar-refractivity contribution in [2.75, 3.05) is 3.71 Å². The Kier molecular flexibility index (Phi) is 6.79. The summed E-state index contributed by atoms with van der Waals surface area (Å²) in [6, 6.07) is 21.0. The zero-order valence-corrected chi connectivity index (χ0v) is 23.1. The number of hydrogen-bond donors (Lipinski definition) is 0. The summed E-state index contributed by atoms with van der Waals surface area (Å²) in [4.78, 5) is 16.0. The molecule has 2 aromatic heterocycles. The fourth-order valence-electron chi connectivity index (χ4n) is 4.11. The van der Waals surface area contributed by atoms with Gasteiger partial charge in [-0.25, -0.2) is 18.2 Å². The lowest BCUT2D eigenvalue weighted by Crippen LogP contribution is -2.37. The Balaban J connectivity index is 1.76. The van der Waals surface area contributed by atoms with Gasteiger partial charge in [0, 0.05) is 11.6 Å². The minimum atomic E-state index is -4.70. The lowest BCUT2D eigenvalue weighted by atomic mass is 10.0. The zero-order chi connectivity index (χ0) is 27.9. The molecule has 198 valence electrons. The Bertz CT molecular complexity index is 1910. The van der Waals surface area contributed by atoms with Crippen molar-refractivity contribution < 1.29 is 21.3 Å². The molecular weight excluding hydrogens is 560 g/mol. The Morgan fingerprint density at radius 2 is 1.44 bits per heavy atom. The number of pyridine rings is 1. The smallest absolute Gasteiger partial charge is 0.344 e. The van der Waals surface area contributed by atoms with Gasteiger partial charge in [0.05, 0.1) is 16.1 Å². The SMILES string of the molecule is Cc1ccc(S(=O)(=O)N(c2ccc3oc(=O)c(-c4ccccc4C)cc3c2)S(=O)(=O)c2ccc(Cl)nc2)cc1. The minimum absolute atomic E-state index is 0.0476. The van der Waals surface area contributed by atoms with E-state index in [1.54, 1.807) is 37.3 Å². The van der Waals surface area contributed by atoms with E-state index in [9.17, 15) is 21.6 Å². The summed E-state index contributed by atoms with van der Waals surface area (Å²) < 4.78 is 61.3. The van der Waals surface area contributed by atoms with Crippen LogP contribution >= 0.6 is 11.6 Å². The summed E-state index contributed by atoms with van der Waals surface area (Å²) in [5.41, 5.74) is 1.95. The predicted molar refractivity (Wildman–Crippen MR) is 150 cm³/mol. The molecule has 2 heterocycles. The van der Waals surface area contributed by atoms with Crippen LogP contribution in [0.5, 0.6) is 0 Å². The highest BCUT2D eigenvalue weighted by Gasteiger charge is 2.37. The second kappa shape index (κ2) is 9.96. The Morgan fingerprint density at radius 3 is 2.10 bits per heavy atom. The van der Waals surface area contributed by atoms with Crippen molar-refractivity contribution in [3.05, 3.63) is 118 Å². The van der Waals surface area contributed by atoms with Crippen molar-refractivity contribution in [3.63, 3.8) is 0 Å². The first-order valence-corrected chi connectivity index (χ1v) is 14.9. The molecular formula is C28H21ClN2O6S2. The van der Waals surface area contributed by atoms with Crippen molar-refractivity contribution in [1.29, 1.82) is 0 Å². The maximum Gasteiger partial charge on any atom is 0.344 e. The summed E-state index contributed by atoms with van der Waals surface area (Å²) in [6.45, 7) is 3.63. The van der Waals surface area contributed by atoms with E-state index >= 15 is 0 Å². The molecule has 0 fully saturated rings. The van der Waals surface area contributed by atoms with Crippen molar-refractivity contribution in [2.24, 2.45) is 0 Å². The zero-order valence-electron chi connectivity index (χ0n) is 20.7. The van der Waals surface area contributed by atoms with Gasteiger partial charge in [-0.15, -0.1) is 0 Å². The number of fused-ring (bicyclic) bond motifs is 1. The van der Waals surface area contributed by atoms with Crippen LogP contribution < -0.4 is 9.34 Å². The molecule has 0 saturated carbocycles. The molecule has 0 aliphatic carbocycles. The molecule has 0 spiro atoms. The fraction of sp³-hybridized carbons (Fsp3) is 0.0714. The van der Waals surface area contributed by atoms with Gasteiger partial charge in [0.2, 0.25) is 0 Å². The number of benzene rings is 3. The van der Waals surface area contributed by atoms with E-state index < -0.39 is 25.7 Å². The standard InChI is InChI=1S/C28H21ClN2O6S2/c1-18-7-10-22(11-8-18)38(33,34)31(39(35,36)23-12-14-27(29)30-17-23)21-9-13-26-20(15-21)16-25(28(32)37-26)24-6-4-3-5-19(24)2/h3-17H,1-2H3. The number of aryl methyl sites for hydroxylation is 2. The van der Waals surface area contributed by atoms with Gasteiger partial charge in [-0.2, -0.15) is 12.1 Å². The van der Waals surface area contributed by atoms with E-state index in [2.05, 4.69) is 4.98 Å². The number of sulfonamides is 2. The first kappa shape index (κ1) is 26.6. The molecule has 0 atom stereocenters. The van der Waals surface area contributed by atoms with Crippen LogP contribution in [0.3, 0.4) is 0 Å². The maximum atomic E-state index is 13.9. The summed E-state index contributed by atoms with van der Waals surface area (Å²) in [7, 11) is -9.34. The molecule has 8 nitrogen and oxygen atoms in total. The van der Waals surface area contributed by atoms with Crippen LogP contribution in [-0.4, -0.2) is 21.8 Å². The third-order valence-corrected chi connectivity index (χ3v) is 10.5. The van der Waals surface area contributed by atoms with E-state index in [4.69, 9.17) is 16.0 Å². The van der Waals surface area contributed by atoms with E-state index in [0.29, 0.717) is 14.7 Å². The Morgan fingerprint density at radius 1 is 0.769 bits per heavy atom. The summed E-state index contributed by atoms with van der Waals surface area (Å²) >= 11 is 5.84. The van der Waals surface area contributed by atoms with E-state index in [1.807, 2.05) is 19.1 Å². The molecule has 5 rings (SSSR count). The van der Waals surface area contributed by atoms with Crippen molar-refractivity contribution >= 4 is 48.3 Å². The third kappa shape index (κ3) is 4.94. The molecule has 0 amide bonds. The highest BCUT2D eigenvalue weighted by atomic mass is 35.5. The van der Waals surface area contributed by atoms with Crippen LogP contribution in [0.15, 0.2) is 110 Å². The van der Waals surface area contributed by atoms with Crippen LogP contribution in [0.25, 0.3) is 22.1 Å². The van der Waals surface area contributed by atoms with Gasteiger partial charge in [0.1, 0.15) is 15.6 Å². The second-order valence-electron chi connectivity index (χ2n) is 8.82. The third-order valence-electron chi connectivity index (χ3n) is 6.12. The quantitative estimate of drug-likeness (QED) is 0.187. The van der Waals surface area contributed by atoms with Gasteiger partial charge in [-0.1, -0.05) is 53.6 Å². The van der Waals surface area contributed by atoms with Crippen LogP contribution in [0, 0.1) is 13.8 Å². The molecule has 11 heteroatoms. The van der Waals surface area contributed by atoms with E-state index in [0.717, 1.165) is 17.3 Å². The van der Waals surface area contributed by atoms with Crippen LogP contribution in [0.2, 0.25) is 5.15 Å². The van der Waals surface area contributed by atoms with Crippen molar-refractivity contribution in [2.45, 2.75) is 23.6 Å². The first-order chi connectivity index (χ1) is 18.5. The van der Waals surface area contributed by atoms with Crippen LogP contribution in [-0.2, 0) is 20.0 Å². The lowest BCUT2D eigenvalue weighted by Gasteiger charge is -2.24.